The van der Waals surface area contributed by atoms with Crippen LogP contribution in [0.2, 0.25) is 5.02 Å². The third-order valence-electron chi connectivity index (χ3n) is 3.33. The van der Waals surface area contributed by atoms with Crippen LogP contribution in [0.3, 0.4) is 0 Å². The largest absolute Gasteiger partial charge is 0.398 e. The summed E-state index contributed by atoms with van der Waals surface area (Å²) in [6.07, 6.45) is 0.661. The number of likely N-dealkylation sites (N-methyl/N-ethyl adjacent to an activating group) is 1. The number of nitrogens with two attached hydrogens (primary N) is 1. The highest BCUT2D eigenvalue weighted by molar-refractivity contribution is 7.89. The van der Waals surface area contributed by atoms with Gasteiger partial charge in [0.15, 0.2) is 0 Å². The Labute approximate surface area is 134 Å². The molecule has 7 heteroatoms. The molecule has 1 aromatic heterocycles. The van der Waals surface area contributed by atoms with Gasteiger partial charge in [-0.3, -0.25) is 0 Å². The number of nitrogen functional groups attached to an aromatic ring is 1. The molecule has 114 valence electrons. The van der Waals surface area contributed by atoms with Crippen LogP contribution in [-0.2, 0) is 16.4 Å². The molecule has 0 aliphatic heterocycles. The molecule has 1 heterocycles. The van der Waals surface area contributed by atoms with Gasteiger partial charge in [0.25, 0.3) is 0 Å². The number of hydrogen-bond acceptors (Lipinski definition) is 4. The Kier molecular flexibility index (Phi) is 4.93. The van der Waals surface area contributed by atoms with E-state index < -0.39 is 10.0 Å². The molecular weight excluding hydrogens is 328 g/mol. The summed E-state index contributed by atoms with van der Waals surface area (Å²) < 4.78 is 26.7. The summed E-state index contributed by atoms with van der Waals surface area (Å²) in [5, 5.41) is 2.33. The SMILES string of the molecule is CC(Cc1cccs1)N(C)S(=O)(=O)c1cc(Cl)ccc1N. The van der Waals surface area contributed by atoms with Crippen LogP contribution in [0.4, 0.5) is 5.69 Å². The Morgan fingerprint density at radius 3 is 2.71 bits per heavy atom. The van der Waals surface area contributed by atoms with E-state index in [1.807, 2.05) is 24.4 Å². The first-order chi connectivity index (χ1) is 9.82. The number of anilines is 1. The van der Waals surface area contributed by atoms with Crippen LogP contribution in [0.1, 0.15) is 11.8 Å². The normalized spacial score (nSPS) is 13.5. The number of hydrogen-bond donors (Lipinski definition) is 1. The second-order valence-corrected chi connectivity index (χ2v) is 8.27. The van der Waals surface area contributed by atoms with Crippen LogP contribution in [0.15, 0.2) is 40.6 Å². The summed E-state index contributed by atoms with van der Waals surface area (Å²) in [4.78, 5) is 1.19. The molecule has 0 fully saturated rings. The maximum atomic E-state index is 12.7. The molecule has 0 spiro atoms. The lowest BCUT2D eigenvalue weighted by atomic mass is 10.2. The first kappa shape index (κ1) is 16.3. The minimum absolute atomic E-state index is 0.0514. The molecule has 2 rings (SSSR count). The minimum Gasteiger partial charge on any atom is -0.398 e. The highest BCUT2D eigenvalue weighted by atomic mass is 35.5. The van der Waals surface area contributed by atoms with E-state index in [4.69, 9.17) is 17.3 Å². The van der Waals surface area contributed by atoms with Crippen LogP contribution in [-0.4, -0.2) is 25.8 Å². The number of thiophene rings is 1. The fraction of sp³-hybridized carbons (Fsp3) is 0.286. The van der Waals surface area contributed by atoms with Crippen molar-refractivity contribution in [2.75, 3.05) is 12.8 Å². The molecule has 0 aliphatic carbocycles. The lowest BCUT2D eigenvalue weighted by molar-refractivity contribution is 0.388. The lowest BCUT2D eigenvalue weighted by Gasteiger charge is -2.24. The third-order valence-corrected chi connectivity index (χ3v) is 6.49. The zero-order valence-electron chi connectivity index (χ0n) is 11.8. The molecule has 0 aliphatic rings. The molecule has 4 nitrogen and oxygen atoms in total. The molecule has 1 atom stereocenters. The van der Waals surface area contributed by atoms with Gasteiger partial charge in [0.2, 0.25) is 10.0 Å². The van der Waals surface area contributed by atoms with Crippen molar-refractivity contribution in [1.29, 1.82) is 0 Å². The molecule has 21 heavy (non-hydrogen) atoms. The molecule has 1 aromatic carbocycles. The van der Waals surface area contributed by atoms with Gasteiger partial charge in [-0.25, -0.2) is 8.42 Å². The minimum atomic E-state index is -3.67. The van der Waals surface area contributed by atoms with Crippen molar-refractivity contribution in [2.24, 2.45) is 0 Å². The first-order valence-electron chi connectivity index (χ1n) is 6.38. The zero-order valence-corrected chi connectivity index (χ0v) is 14.2. The Balaban J connectivity index is 2.27. The van der Waals surface area contributed by atoms with E-state index in [1.165, 1.54) is 16.4 Å². The number of halogens is 1. The van der Waals surface area contributed by atoms with Crippen LogP contribution in [0.5, 0.6) is 0 Å². The van der Waals surface area contributed by atoms with Crippen LogP contribution < -0.4 is 5.73 Å². The smallest absolute Gasteiger partial charge is 0.245 e. The molecule has 0 saturated heterocycles. The molecular formula is C14H17ClN2O2S2. The average Bonchev–Trinajstić information content (AvgIpc) is 2.93. The third kappa shape index (κ3) is 3.58. The summed E-state index contributed by atoms with van der Waals surface area (Å²) in [5.74, 6) is 0. The van der Waals surface area contributed by atoms with E-state index in [9.17, 15) is 8.42 Å². The van der Waals surface area contributed by atoms with Crippen molar-refractivity contribution in [2.45, 2.75) is 24.3 Å². The predicted octanol–water partition coefficient (Wildman–Crippen LogP) is 3.24. The Bertz CT molecular complexity index is 715. The van der Waals surface area contributed by atoms with Gasteiger partial charge in [0.1, 0.15) is 4.90 Å². The number of benzene rings is 1. The fourth-order valence-electron chi connectivity index (χ4n) is 1.97. The Morgan fingerprint density at radius 1 is 1.38 bits per heavy atom. The van der Waals surface area contributed by atoms with Gasteiger partial charge in [-0.05, 0) is 43.0 Å². The molecule has 2 aromatic rings. The molecule has 0 saturated carbocycles. The average molecular weight is 345 g/mol. The first-order valence-corrected chi connectivity index (χ1v) is 9.07. The zero-order chi connectivity index (χ0) is 15.6. The van der Waals surface area contributed by atoms with Gasteiger partial charge in [-0.15, -0.1) is 11.3 Å². The predicted molar refractivity (Wildman–Crippen MR) is 88.3 cm³/mol. The van der Waals surface area contributed by atoms with Crippen LogP contribution in [0.25, 0.3) is 0 Å². The summed E-state index contributed by atoms with van der Waals surface area (Å²) in [5.41, 5.74) is 5.99. The van der Waals surface area contributed by atoms with Gasteiger partial charge in [-0.1, -0.05) is 17.7 Å². The van der Waals surface area contributed by atoms with Crippen molar-refractivity contribution >= 4 is 38.6 Å². The molecule has 0 radical (unpaired) electrons. The van der Waals surface area contributed by atoms with E-state index in [0.29, 0.717) is 11.4 Å². The van der Waals surface area contributed by atoms with E-state index >= 15 is 0 Å². The summed E-state index contributed by atoms with van der Waals surface area (Å²) >= 11 is 7.50. The second-order valence-electron chi connectivity index (χ2n) is 4.84. The van der Waals surface area contributed by atoms with Crippen LogP contribution in [0, 0.1) is 0 Å². The van der Waals surface area contributed by atoms with Crippen LogP contribution >= 0.6 is 22.9 Å². The maximum Gasteiger partial charge on any atom is 0.245 e. The highest BCUT2D eigenvalue weighted by Crippen LogP contribution is 2.27. The Morgan fingerprint density at radius 2 is 2.10 bits per heavy atom. The fourth-order valence-corrected chi connectivity index (χ4v) is 4.54. The van der Waals surface area contributed by atoms with Gasteiger partial charge < -0.3 is 5.73 Å². The second kappa shape index (κ2) is 6.36. The van der Waals surface area contributed by atoms with Crippen molar-refractivity contribution in [3.05, 3.63) is 45.6 Å². The summed E-state index contributed by atoms with van der Waals surface area (Å²) in [6, 6.07) is 8.25. The van der Waals surface area contributed by atoms with Crippen molar-refractivity contribution < 1.29 is 8.42 Å². The summed E-state index contributed by atoms with van der Waals surface area (Å²) in [7, 11) is -2.10. The Hall–Kier alpha value is -1.08. The van der Waals surface area contributed by atoms with Crippen molar-refractivity contribution in [3.8, 4) is 0 Å². The quantitative estimate of drug-likeness (QED) is 0.847. The van der Waals surface area contributed by atoms with Gasteiger partial charge in [0.05, 0.1) is 5.69 Å². The number of sulfonamides is 1. The molecule has 2 N–H and O–H groups in total. The van der Waals surface area contributed by atoms with Gasteiger partial charge in [0, 0.05) is 23.0 Å². The van der Waals surface area contributed by atoms with E-state index in [0.717, 1.165) is 4.88 Å². The molecule has 1 unspecified atom stereocenters. The number of nitrogens with zero attached hydrogens (tertiary/aromatic N) is 1. The molecule has 0 amide bonds. The van der Waals surface area contributed by atoms with Crippen molar-refractivity contribution in [1.82, 2.24) is 4.31 Å². The standard InChI is InChI=1S/C14H17ClN2O2S2/c1-10(8-12-4-3-7-20-12)17(2)21(18,19)14-9-11(15)5-6-13(14)16/h3-7,9-10H,8,16H2,1-2H3. The number of rotatable bonds is 5. The highest BCUT2D eigenvalue weighted by Gasteiger charge is 2.27. The van der Waals surface area contributed by atoms with E-state index in [2.05, 4.69) is 0 Å². The van der Waals surface area contributed by atoms with E-state index in [-0.39, 0.29) is 16.6 Å². The lowest BCUT2D eigenvalue weighted by Crippen LogP contribution is -2.36. The monoisotopic (exact) mass is 344 g/mol. The van der Waals surface area contributed by atoms with Gasteiger partial charge in [-0.2, -0.15) is 4.31 Å². The summed E-state index contributed by atoms with van der Waals surface area (Å²) in [6.45, 7) is 1.87. The van der Waals surface area contributed by atoms with Crippen molar-refractivity contribution in [3.63, 3.8) is 0 Å². The van der Waals surface area contributed by atoms with Gasteiger partial charge >= 0.3 is 0 Å². The topological polar surface area (TPSA) is 63.4 Å². The maximum absolute atomic E-state index is 12.7. The van der Waals surface area contributed by atoms with E-state index in [1.54, 1.807) is 24.5 Å². The molecule has 0 bridgehead atoms.